The molecule has 1 heterocycles. The van der Waals surface area contributed by atoms with Gasteiger partial charge in [0.2, 0.25) is 0 Å². The molecule has 0 atom stereocenters. The summed E-state index contributed by atoms with van der Waals surface area (Å²) in [7, 11) is 0. The molecule has 3 N–H and O–H groups in total. The van der Waals surface area contributed by atoms with Crippen molar-refractivity contribution >= 4 is 22.1 Å². The number of hydrogen-bond acceptors (Lipinski definition) is 3. The third-order valence-corrected chi connectivity index (χ3v) is 2.87. The van der Waals surface area contributed by atoms with E-state index in [-0.39, 0.29) is 0 Å². The second-order valence-electron chi connectivity index (χ2n) is 4.74. The Hall–Kier alpha value is -2.03. The first-order chi connectivity index (χ1) is 8.58. The van der Waals surface area contributed by atoms with Crippen LogP contribution in [0.2, 0.25) is 0 Å². The molecule has 18 heavy (non-hydrogen) atoms. The van der Waals surface area contributed by atoms with E-state index in [4.69, 9.17) is 5.73 Å². The fourth-order valence-corrected chi connectivity index (χ4v) is 1.88. The summed E-state index contributed by atoms with van der Waals surface area (Å²) < 4.78 is 0. The molecule has 3 nitrogen and oxygen atoms in total. The molecule has 2 rings (SSSR count). The van der Waals surface area contributed by atoms with Gasteiger partial charge in [-0.25, -0.2) is 0 Å². The highest BCUT2D eigenvalue weighted by Crippen LogP contribution is 2.28. The summed E-state index contributed by atoms with van der Waals surface area (Å²) >= 11 is 0. The van der Waals surface area contributed by atoms with Crippen LogP contribution in [0.5, 0.6) is 0 Å². The first kappa shape index (κ1) is 12.4. The van der Waals surface area contributed by atoms with Crippen molar-refractivity contribution in [2.75, 3.05) is 17.6 Å². The quantitative estimate of drug-likeness (QED) is 0.638. The topological polar surface area (TPSA) is 50.9 Å². The van der Waals surface area contributed by atoms with Gasteiger partial charge in [0.25, 0.3) is 0 Å². The molecule has 2 aromatic rings. The number of nitrogen functional groups attached to an aromatic ring is 1. The lowest BCUT2D eigenvalue weighted by Gasteiger charge is -2.10. The second kappa shape index (κ2) is 5.08. The van der Waals surface area contributed by atoms with E-state index in [9.17, 15) is 0 Å². The maximum atomic E-state index is 5.97. The van der Waals surface area contributed by atoms with Crippen LogP contribution in [0, 0.1) is 6.92 Å². The molecule has 0 saturated heterocycles. The van der Waals surface area contributed by atoms with Gasteiger partial charge in [-0.1, -0.05) is 11.6 Å². The standard InChI is InChI=1S/C15H19N3/c1-10(2)6-7-17-15-5-4-14(16)13-9-18-11(3)8-12(13)15/h4-6,8-9,17H,7,16H2,1-3H3. The smallest absolute Gasteiger partial charge is 0.0425 e. The first-order valence-electron chi connectivity index (χ1n) is 6.10. The van der Waals surface area contributed by atoms with Gasteiger partial charge < -0.3 is 11.1 Å². The highest BCUT2D eigenvalue weighted by atomic mass is 14.9. The van der Waals surface area contributed by atoms with Gasteiger partial charge in [0.15, 0.2) is 0 Å². The number of rotatable bonds is 3. The number of nitrogens with two attached hydrogens (primary N) is 1. The maximum absolute atomic E-state index is 5.97. The van der Waals surface area contributed by atoms with Gasteiger partial charge in [-0.2, -0.15) is 0 Å². The average Bonchev–Trinajstić information content (AvgIpc) is 2.31. The Balaban J connectivity index is 2.41. The monoisotopic (exact) mass is 241 g/mol. The number of anilines is 2. The Morgan fingerprint density at radius 2 is 2.11 bits per heavy atom. The lowest BCUT2D eigenvalue weighted by molar-refractivity contribution is 1.22. The van der Waals surface area contributed by atoms with Crippen LogP contribution in [0.4, 0.5) is 11.4 Å². The van der Waals surface area contributed by atoms with Crippen LogP contribution < -0.4 is 11.1 Å². The minimum atomic E-state index is 0.769. The van der Waals surface area contributed by atoms with E-state index in [0.717, 1.165) is 34.4 Å². The van der Waals surface area contributed by atoms with Gasteiger partial charge in [0, 0.05) is 40.6 Å². The van der Waals surface area contributed by atoms with E-state index in [0.29, 0.717) is 0 Å². The summed E-state index contributed by atoms with van der Waals surface area (Å²) in [4.78, 5) is 4.30. The van der Waals surface area contributed by atoms with Crippen LogP contribution in [-0.2, 0) is 0 Å². The summed E-state index contributed by atoms with van der Waals surface area (Å²) in [6.07, 6.45) is 4.00. The van der Waals surface area contributed by atoms with Crippen molar-refractivity contribution in [1.29, 1.82) is 0 Å². The van der Waals surface area contributed by atoms with Crippen molar-refractivity contribution in [2.45, 2.75) is 20.8 Å². The van der Waals surface area contributed by atoms with Gasteiger partial charge >= 0.3 is 0 Å². The summed E-state index contributed by atoms with van der Waals surface area (Å²) in [5, 5.41) is 5.55. The average molecular weight is 241 g/mol. The molecule has 0 radical (unpaired) electrons. The Morgan fingerprint density at radius 3 is 2.83 bits per heavy atom. The summed E-state index contributed by atoms with van der Waals surface area (Å²) in [6.45, 7) is 7.00. The number of allylic oxidation sites excluding steroid dienone is 1. The Morgan fingerprint density at radius 1 is 1.33 bits per heavy atom. The van der Waals surface area contributed by atoms with E-state index >= 15 is 0 Å². The molecular weight excluding hydrogens is 222 g/mol. The number of nitrogens with zero attached hydrogens (tertiary/aromatic N) is 1. The third kappa shape index (κ3) is 2.62. The molecular formula is C15H19N3. The number of nitrogens with one attached hydrogen (secondary N) is 1. The summed E-state index contributed by atoms with van der Waals surface area (Å²) in [6, 6.07) is 6.01. The van der Waals surface area contributed by atoms with Crippen molar-refractivity contribution in [3.8, 4) is 0 Å². The lowest BCUT2D eigenvalue weighted by Crippen LogP contribution is -2.01. The van der Waals surface area contributed by atoms with Crippen molar-refractivity contribution in [2.24, 2.45) is 0 Å². The van der Waals surface area contributed by atoms with Crippen molar-refractivity contribution in [1.82, 2.24) is 4.98 Å². The first-order valence-corrected chi connectivity index (χ1v) is 6.10. The Kier molecular flexibility index (Phi) is 3.51. The molecule has 0 fully saturated rings. The Labute approximate surface area is 108 Å². The fraction of sp³-hybridized carbons (Fsp3) is 0.267. The largest absolute Gasteiger partial charge is 0.398 e. The van der Waals surface area contributed by atoms with Crippen LogP contribution in [0.3, 0.4) is 0 Å². The molecule has 0 spiro atoms. The van der Waals surface area contributed by atoms with Gasteiger partial charge in [-0.15, -0.1) is 0 Å². The molecule has 0 amide bonds. The molecule has 1 aromatic heterocycles. The van der Waals surface area contributed by atoms with E-state index in [1.807, 2.05) is 25.3 Å². The normalized spacial score (nSPS) is 10.4. The highest BCUT2D eigenvalue weighted by Gasteiger charge is 2.04. The number of hydrogen-bond donors (Lipinski definition) is 2. The van der Waals surface area contributed by atoms with Crippen molar-refractivity contribution < 1.29 is 0 Å². The maximum Gasteiger partial charge on any atom is 0.0425 e. The number of aromatic nitrogens is 1. The number of aryl methyl sites for hydroxylation is 1. The van der Waals surface area contributed by atoms with Crippen LogP contribution >= 0.6 is 0 Å². The molecule has 0 saturated carbocycles. The second-order valence-corrected chi connectivity index (χ2v) is 4.74. The molecule has 0 unspecified atom stereocenters. The predicted octanol–water partition coefficient (Wildman–Crippen LogP) is 3.50. The van der Waals surface area contributed by atoms with E-state index in [2.05, 4.69) is 36.3 Å². The zero-order chi connectivity index (χ0) is 13.1. The third-order valence-electron chi connectivity index (χ3n) is 2.87. The molecule has 0 aliphatic heterocycles. The lowest BCUT2D eigenvalue weighted by atomic mass is 10.1. The van der Waals surface area contributed by atoms with Crippen LogP contribution in [-0.4, -0.2) is 11.5 Å². The number of benzene rings is 1. The van der Waals surface area contributed by atoms with Crippen LogP contribution in [0.15, 0.2) is 36.0 Å². The fourth-order valence-electron chi connectivity index (χ4n) is 1.88. The molecule has 0 aliphatic rings. The van der Waals surface area contributed by atoms with Crippen LogP contribution in [0.1, 0.15) is 19.5 Å². The SMILES string of the molecule is CC(C)=CCNc1ccc(N)c2cnc(C)cc12. The Bertz CT molecular complexity index is 596. The van der Waals surface area contributed by atoms with Crippen molar-refractivity contribution in [3.05, 3.63) is 41.7 Å². The van der Waals surface area contributed by atoms with Crippen molar-refractivity contribution in [3.63, 3.8) is 0 Å². The minimum absolute atomic E-state index is 0.769. The zero-order valence-corrected chi connectivity index (χ0v) is 11.1. The van der Waals surface area contributed by atoms with Gasteiger partial charge in [-0.05, 0) is 39.0 Å². The highest BCUT2D eigenvalue weighted by molar-refractivity contribution is 6.00. The predicted molar refractivity (Wildman–Crippen MR) is 78.8 cm³/mol. The van der Waals surface area contributed by atoms with Gasteiger partial charge in [0.05, 0.1) is 0 Å². The van der Waals surface area contributed by atoms with Gasteiger partial charge in [0.1, 0.15) is 0 Å². The molecule has 1 aromatic carbocycles. The van der Waals surface area contributed by atoms with E-state index in [1.54, 1.807) is 0 Å². The number of fused-ring (bicyclic) bond motifs is 1. The zero-order valence-electron chi connectivity index (χ0n) is 11.1. The van der Waals surface area contributed by atoms with Gasteiger partial charge in [-0.3, -0.25) is 4.98 Å². The van der Waals surface area contributed by atoms with Crippen LogP contribution in [0.25, 0.3) is 10.8 Å². The summed E-state index contributed by atoms with van der Waals surface area (Å²) in [5.41, 5.74) is 10.1. The molecule has 94 valence electrons. The number of pyridine rings is 1. The molecule has 0 aliphatic carbocycles. The summed E-state index contributed by atoms with van der Waals surface area (Å²) in [5.74, 6) is 0. The molecule has 3 heteroatoms. The van der Waals surface area contributed by atoms with E-state index < -0.39 is 0 Å². The minimum Gasteiger partial charge on any atom is -0.398 e. The van der Waals surface area contributed by atoms with E-state index in [1.165, 1.54) is 5.57 Å². The molecule has 0 bridgehead atoms.